The summed E-state index contributed by atoms with van der Waals surface area (Å²) >= 11 is 0. The number of carbonyl (C=O) groups is 2. The van der Waals surface area contributed by atoms with Gasteiger partial charge in [-0.1, -0.05) is 13.3 Å². The summed E-state index contributed by atoms with van der Waals surface area (Å²) in [5, 5.41) is 15.6. The summed E-state index contributed by atoms with van der Waals surface area (Å²) in [7, 11) is 0. The summed E-state index contributed by atoms with van der Waals surface area (Å²) in [6, 6.07) is 0.212. The summed E-state index contributed by atoms with van der Waals surface area (Å²) < 4.78 is 0. The number of carbonyl (C=O) groups excluding carboxylic acids is 1. The Morgan fingerprint density at radius 3 is 2.42 bits per heavy atom. The highest BCUT2D eigenvalue weighted by Crippen LogP contribution is 2.38. The lowest BCUT2D eigenvalue weighted by molar-refractivity contribution is -0.146. The van der Waals surface area contributed by atoms with Crippen LogP contribution in [0.1, 0.15) is 39.0 Å². The number of carboxylic acids is 1. The van der Waals surface area contributed by atoms with Crippen molar-refractivity contribution in [2.24, 2.45) is 17.8 Å². The molecule has 3 unspecified atom stereocenters. The maximum atomic E-state index is 12.3. The summed E-state index contributed by atoms with van der Waals surface area (Å²) in [5.41, 5.74) is 0. The lowest BCUT2D eigenvalue weighted by Gasteiger charge is -2.26. The predicted molar refractivity (Wildman–Crippen MR) is 71.7 cm³/mol. The van der Waals surface area contributed by atoms with Gasteiger partial charge < -0.3 is 15.7 Å². The molecule has 108 valence electrons. The lowest BCUT2D eigenvalue weighted by Crippen LogP contribution is -2.46. The van der Waals surface area contributed by atoms with Crippen LogP contribution >= 0.6 is 0 Å². The summed E-state index contributed by atoms with van der Waals surface area (Å²) in [5.74, 6) is -1.31. The summed E-state index contributed by atoms with van der Waals surface area (Å²) in [6.07, 6.45) is 4.21. The zero-order valence-corrected chi connectivity index (χ0v) is 11.5. The number of carboxylic acid groups (broad SMARTS) is 1. The largest absolute Gasteiger partial charge is 0.481 e. The van der Waals surface area contributed by atoms with E-state index in [0.29, 0.717) is 12.3 Å². The average Bonchev–Trinajstić information content (AvgIpc) is 2.84. The van der Waals surface area contributed by atoms with Crippen LogP contribution in [0.25, 0.3) is 0 Å². The Kier molecular flexibility index (Phi) is 4.80. The third kappa shape index (κ3) is 3.47. The van der Waals surface area contributed by atoms with Crippen molar-refractivity contribution in [1.82, 2.24) is 10.6 Å². The molecule has 0 aromatic heterocycles. The van der Waals surface area contributed by atoms with Crippen LogP contribution in [0.5, 0.6) is 0 Å². The van der Waals surface area contributed by atoms with Crippen LogP contribution in [0.3, 0.4) is 0 Å². The van der Waals surface area contributed by atoms with E-state index in [-0.39, 0.29) is 17.9 Å². The van der Waals surface area contributed by atoms with Gasteiger partial charge in [-0.25, -0.2) is 0 Å². The molecule has 19 heavy (non-hydrogen) atoms. The van der Waals surface area contributed by atoms with Gasteiger partial charge in [-0.05, 0) is 44.7 Å². The minimum Gasteiger partial charge on any atom is -0.481 e. The molecule has 0 aromatic rings. The number of hydrogen-bond donors (Lipinski definition) is 3. The second-order valence-corrected chi connectivity index (χ2v) is 5.83. The van der Waals surface area contributed by atoms with E-state index in [9.17, 15) is 14.7 Å². The molecule has 2 fully saturated rings. The number of nitrogens with one attached hydrogen (secondary N) is 2. The first-order chi connectivity index (χ1) is 9.11. The highest BCUT2D eigenvalue weighted by molar-refractivity contribution is 5.85. The highest BCUT2D eigenvalue weighted by atomic mass is 16.4. The van der Waals surface area contributed by atoms with Crippen molar-refractivity contribution in [2.75, 3.05) is 13.1 Å². The molecule has 0 bridgehead atoms. The number of hydrogen-bond acceptors (Lipinski definition) is 3. The van der Waals surface area contributed by atoms with Crippen LogP contribution in [0.4, 0.5) is 0 Å². The van der Waals surface area contributed by atoms with Gasteiger partial charge in [0.2, 0.25) is 5.91 Å². The Balaban J connectivity index is 1.94. The van der Waals surface area contributed by atoms with E-state index in [1.54, 1.807) is 0 Å². The van der Waals surface area contributed by atoms with Crippen molar-refractivity contribution in [3.05, 3.63) is 0 Å². The van der Waals surface area contributed by atoms with Crippen LogP contribution in [0.15, 0.2) is 0 Å². The molecule has 5 nitrogen and oxygen atoms in total. The molecule has 3 N–H and O–H groups in total. The number of piperidine rings is 1. The first-order valence-corrected chi connectivity index (χ1v) is 7.35. The van der Waals surface area contributed by atoms with Gasteiger partial charge in [0.1, 0.15) is 0 Å². The molecular formula is C14H24N2O3. The van der Waals surface area contributed by atoms with Gasteiger partial charge in [0, 0.05) is 6.04 Å². The fourth-order valence-electron chi connectivity index (χ4n) is 3.31. The molecular weight excluding hydrogens is 244 g/mol. The normalized spacial score (nSPS) is 32.2. The predicted octanol–water partition coefficient (Wildman–Crippen LogP) is 0.992. The SMILES string of the molecule is CCC1CC(C(=O)O)C(C(=O)NC2CCNCC2)C1. The second kappa shape index (κ2) is 6.37. The number of aliphatic carboxylic acids is 1. The Hall–Kier alpha value is -1.10. The van der Waals surface area contributed by atoms with E-state index < -0.39 is 11.9 Å². The van der Waals surface area contributed by atoms with Crippen molar-refractivity contribution < 1.29 is 14.7 Å². The zero-order valence-electron chi connectivity index (χ0n) is 11.5. The Labute approximate surface area is 114 Å². The lowest BCUT2D eigenvalue weighted by atomic mass is 9.94. The standard InChI is InChI=1S/C14H24N2O3/c1-2-9-7-11(12(8-9)14(18)19)13(17)16-10-3-5-15-6-4-10/h9-12,15H,2-8H2,1H3,(H,16,17)(H,18,19). The van der Waals surface area contributed by atoms with Crippen LogP contribution in [-0.2, 0) is 9.59 Å². The second-order valence-electron chi connectivity index (χ2n) is 5.83. The molecule has 1 amide bonds. The monoisotopic (exact) mass is 268 g/mol. The molecule has 5 heteroatoms. The van der Waals surface area contributed by atoms with E-state index in [0.717, 1.165) is 38.8 Å². The maximum absolute atomic E-state index is 12.3. The Morgan fingerprint density at radius 2 is 1.84 bits per heavy atom. The molecule has 2 aliphatic rings. The minimum atomic E-state index is -0.818. The van der Waals surface area contributed by atoms with E-state index in [1.807, 2.05) is 0 Å². The molecule has 1 aliphatic carbocycles. The Morgan fingerprint density at radius 1 is 1.21 bits per heavy atom. The van der Waals surface area contributed by atoms with Gasteiger partial charge in [0.25, 0.3) is 0 Å². The first-order valence-electron chi connectivity index (χ1n) is 7.35. The van der Waals surface area contributed by atoms with Gasteiger partial charge in [-0.15, -0.1) is 0 Å². The molecule has 0 aromatic carbocycles. The van der Waals surface area contributed by atoms with Crippen molar-refractivity contribution in [1.29, 1.82) is 0 Å². The molecule has 2 rings (SSSR count). The van der Waals surface area contributed by atoms with Crippen molar-refractivity contribution in [3.63, 3.8) is 0 Å². The van der Waals surface area contributed by atoms with Crippen LogP contribution in [0, 0.1) is 17.8 Å². The maximum Gasteiger partial charge on any atom is 0.307 e. The van der Waals surface area contributed by atoms with Crippen molar-refractivity contribution in [3.8, 4) is 0 Å². The molecule has 1 saturated heterocycles. The molecule has 1 aliphatic heterocycles. The molecule has 0 radical (unpaired) electrons. The molecule has 1 saturated carbocycles. The minimum absolute atomic E-state index is 0.0461. The molecule has 0 spiro atoms. The quantitative estimate of drug-likeness (QED) is 0.710. The molecule has 3 atom stereocenters. The number of amides is 1. The third-order valence-electron chi connectivity index (χ3n) is 4.58. The van der Waals surface area contributed by atoms with E-state index in [2.05, 4.69) is 17.6 Å². The van der Waals surface area contributed by atoms with Crippen LogP contribution in [0.2, 0.25) is 0 Å². The number of rotatable bonds is 4. The third-order valence-corrected chi connectivity index (χ3v) is 4.58. The fraction of sp³-hybridized carbons (Fsp3) is 0.857. The summed E-state index contributed by atoms with van der Waals surface area (Å²) in [4.78, 5) is 23.6. The van der Waals surface area contributed by atoms with Gasteiger partial charge in [0.05, 0.1) is 11.8 Å². The van der Waals surface area contributed by atoms with Gasteiger partial charge in [0.15, 0.2) is 0 Å². The molecule has 1 heterocycles. The zero-order chi connectivity index (χ0) is 13.8. The topological polar surface area (TPSA) is 78.4 Å². The van der Waals surface area contributed by atoms with E-state index in [1.165, 1.54) is 0 Å². The van der Waals surface area contributed by atoms with Gasteiger partial charge in [-0.3, -0.25) is 9.59 Å². The van der Waals surface area contributed by atoms with E-state index >= 15 is 0 Å². The average molecular weight is 268 g/mol. The van der Waals surface area contributed by atoms with Gasteiger partial charge >= 0.3 is 5.97 Å². The van der Waals surface area contributed by atoms with Crippen LogP contribution < -0.4 is 10.6 Å². The first kappa shape index (κ1) is 14.3. The Bertz CT molecular complexity index is 340. The smallest absolute Gasteiger partial charge is 0.307 e. The van der Waals surface area contributed by atoms with Crippen LogP contribution in [-0.4, -0.2) is 36.1 Å². The summed E-state index contributed by atoms with van der Waals surface area (Å²) in [6.45, 7) is 3.92. The van der Waals surface area contributed by atoms with Gasteiger partial charge in [-0.2, -0.15) is 0 Å². The fourth-order valence-corrected chi connectivity index (χ4v) is 3.31. The van der Waals surface area contributed by atoms with Crippen molar-refractivity contribution >= 4 is 11.9 Å². The van der Waals surface area contributed by atoms with E-state index in [4.69, 9.17) is 0 Å². The van der Waals surface area contributed by atoms with Crippen molar-refractivity contribution in [2.45, 2.75) is 45.1 Å². The highest BCUT2D eigenvalue weighted by Gasteiger charge is 2.42.